The molecule has 1 saturated heterocycles. The topological polar surface area (TPSA) is 33.1 Å². The number of rotatable bonds is 4. The van der Waals surface area contributed by atoms with Crippen molar-refractivity contribution in [1.29, 1.82) is 0 Å². The summed E-state index contributed by atoms with van der Waals surface area (Å²) in [5.41, 5.74) is 1.27. The van der Waals surface area contributed by atoms with Gasteiger partial charge in [0.05, 0.1) is 5.69 Å². The van der Waals surface area contributed by atoms with Crippen LogP contribution >= 0.6 is 0 Å². The van der Waals surface area contributed by atoms with Gasteiger partial charge in [-0.25, -0.2) is 0 Å². The van der Waals surface area contributed by atoms with Crippen molar-refractivity contribution >= 4 is 0 Å². The fourth-order valence-corrected chi connectivity index (χ4v) is 2.19. The molecule has 15 heavy (non-hydrogen) atoms. The molecule has 1 aliphatic rings. The van der Waals surface area contributed by atoms with Gasteiger partial charge in [0, 0.05) is 32.4 Å². The molecule has 1 unspecified atom stereocenters. The Bertz CT molecular complexity index is 301. The van der Waals surface area contributed by atoms with Crippen LogP contribution in [0.25, 0.3) is 0 Å². The summed E-state index contributed by atoms with van der Waals surface area (Å²) in [6, 6.07) is 2.77. The lowest BCUT2D eigenvalue weighted by molar-refractivity contribution is 0.286. The van der Waals surface area contributed by atoms with Crippen LogP contribution in [0.2, 0.25) is 0 Å². The van der Waals surface area contributed by atoms with E-state index in [4.69, 9.17) is 0 Å². The van der Waals surface area contributed by atoms with Crippen molar-refractivity contribution in [2.24, 2.45) is 7.05 Å². The summed E-state index contributed by atoms with van der Waals surface area (Å²) in [5.74, 6) is 0. The van der Waals surface area contributed by atoms with Crippen LogP contribution in [0, 0.1) is 0 Å². The zero-order chi connectivity index (χ0) is 10.7. The molecule has 4 heteroatoms. The molecular weight excluding hydrogens is 188 g/mol. The molecular formula is C11H20N4. The molecule has 1 aromatic rings. The van der Waals surface area contributed by atoms with Gasteiger partial charge in [-0.15, -0.1) is 0 Å². The Morgan fingerprint density at radius 1 is 1.67 bits per heavy atom. The van der Waals surface area contributed by atoms with Gasteiger partial charge >= 0.3 is 0 Å². The standard InChI is InChI=1S/C11H20N4/c1-14(8-10-4-3-6-12-10)9-11-5-7-13-15(11)2/h5,7,10,12H,3-4,6,8-9H2,1-2H3. The molecule has 1 atom stereocenters. The third-order valence-corrected chi connectivity index (χ3v) is 3.05. The number of aryl methyl sites for hydroxylation is 1. The lowest BCUT2D eigenvalue weighted by Crippen LogP contribution is -2.35. The first-order chi connectivity index (χ1) is 7.25. The number of nitrogens with one attached hydrogen (secondary N) is 1. The van der Waals surface area contributed by atoms with E-state index >= 15 is 0 Å². The van der Waals surface area contributed by atoms with E-state index in [1.807, 2.05) is 17.9 Å². The molecule has 1 N–H and O–H groups in total. The van der Waals surface area contributed by atoms with Crippen LogP contribution < -0.4 is 5.32 Å². The van der Waals surface area contributed by atoms with Gasteiger partial charge < -0.3 is 5.32 Å². The molecule has 0 aromatic carbocycles. The van der Waals surface area contributed by atoms with Crippen molar-refractivity contribution < 1.29 is 0 Å². The minimum Gasteiger partial charge on any atom is -0.313 e. The monoisotopic (exact) mass is 208 g/mol. The van der Waals surface area contributed by atoms with Gasteiger partial charge in [0.2, 0.25) is 0 Å². The van der Waals surface area contributed by atoms with Gasteiger partial charge in [-0.1, -0.05) is 0 Å². The largest absolute Gasteiger partial charge is 0.313 e. The summed E-state index contributed by atoms with van der Waals surface area (Å²) in [6.45, 7) is 3.30. The second-order valence-electron chi connectivity index (χ2n) is 4.44. The molecule has 1 fully saturated rings. The van der Waals surface area contributed by atoms with Gasteiger partial charge in [-0.2, -0.15) is 5.10 Å². The van der Waals surface area contributed by atoms with E-state index < -0.39 is 0 Å². The minimum absolute atomic E-state index is 0.684. The third kappa shape index (κ3) is 2.79. The second kappa shape index (κ2) is 4.77. The van der Waals surface area contributed by atoms with Crippen LogP contribution in [0.4, 0.5) is 0 Å². The maximum atomic E-state index is 4.18. The normalized spacial score (nSPS) is 21.4. The lowest BCUT2D eigenvalue weighted by atomic mass is 10.2. The molecule has 2 heterocycles. The Hall–Kier alpha value is -0.870. The number of aromatic nitrogens is 2. The predicted octanol–water partition coefficient (Wildman–Crippen LogP) is 0.604. The maximum absolute atomic E-state index is 4.18. The first-order valence-corrected chi connectivity index (χ1v) is 5.64. The first kappa shape index (κ1) is 10.6. The van der Waals surface area contributed by atoms with Gasteiger partial charge in [0.1, 0.15) is 0 Å². The first-order valence-electron chi connectivity index (χ1n) is 5.64. The van der Waals surface area contributed by atoms with E-state index in [1.54, 1.807) is 0 Å². The van der Waals surface area contributed by atoms with Crippen LogP contribution in [0.1, 0.15) is 18.5 Å². The van der Waals surface area contributed by atoms with Crippen molar-refractivity contribution in [3.8, 4) is 0 Å². The SMILES string of the molecule is CN(Cc1ccnn1C)CC1CCCN1. The molecule has 4 nitrogen and oxygen atoms in total. The highest BCUT2D eigenvalue weighted by atomic mass is 15.3. The van der Waals surface area contributed by atoms with E-state index in [0.717, 1.165) is 13.1 Å². The van der Waals surface area contributed by atoms with Crippen molar-refractivity contribution in [3.63, 3.8) is 0 Å². The summed E-state index contributed by atoms with van der Waals surface area (Å²) in [4.78, 5) is 2.36. The Morgan fingerprint density at radius 2 is 2.53 bits per heavy atom. The van der Waals surface area contributed by atoms with Gasteiger partial charge in [-0.05, 0) is 32.5 Å². The highest BCUT2D eigenvalue weighted by Gasteiger charge is 2.16. The van der Waals surface area contributed by atoms with Gasteiger partial charge in [0.15, 0.2) is 0 Å². The molecule has 1 aliphatic heterocycles. The quantitative estimate of drug-likeness (QED) is 0.787. The molecule has 0 aliphatic carbocycles. The second-order valence-corrected chi connectivity index (χ2v) is 4.44. The van der Waals surface area contributed by atoms with Crippen molar-refractivity contribution in [2.75, 3.05) is 20.1 Å². The average molecular weight is 208 g/mol. The number of likely N-dealkylation sites (N-methyl/N-ethyl adjacent to an activating group) is 1. The van der Waals surface area contributed by atoms with Gasteiger partial charge in [-0.3, -0.25) is 9.58 Å². The highest BCUT2D eigenvalue weighted by molar-refractivity contribution is 4.99. The molecule has 0 amide bonds. The molecule has 84 valence electrons. The summed E-state index contributed by atoms with van der Waals surface area (Å²) in [6.07, 6.45) is 4.50. The van der Waals surface area contributed by atoms with E-state index in [-0.39, 0.29) is 0 Å². The fraction of sp³-hybridized carbons (Fsp3) is 0.727. The molecule has 0 bridgehead atoms. The zero-order valence-electron chi connectivity index (χ0n) is 9.61. The van der Waals surface area contributed by atoms with Crippen LogP contribution in [-0.2, 0) is 13.6 Å². The summed E-state index contributed by atoms with van der Waals surface area (Å²) in [5, 5.41) is 7.69. The lowest BCUT2D eigenvalue weighted by Gasteiger charge is -2.20. The molecule has 0 spiro atoms. The van der Waals surface area contributed by atoms with E-state index in [9.17, 15) is 0 Å². The summed E-state index contributed by atoms with van der Waals surface area (Å²) >= 11 is 0. The Labute approximate surface area is 91.3 Å². The minimum atomic E-state index is 0.684. The Morgan fingerprint density at radius 3 is 3.13 bits per heavy atom. The van der Waals surface area contributed by atoms with E-state index in [0.29, 0.717) is 6.04 Å². The predicted molar refractivity (Wildman–Crippen MR) is 60.6 cm³/mol. The molecule has 1 aromatic heterocycles. The van der Waals surface area contributed by atoms with Crippen LogP contribution in [0.15, 0.2) is 12.3 Å². The van der Waals surface area contributed by atoms with E-state index in [1.165, 1.54) is 25.1 Å². The van der Waals surface area contributed by atoms with Crippen LogP contribution in [-0.4, -0.2) is 40.9 Å². The van der Waals surface area contributed by atoms with Crippen molar-refractivity contribution in [2.45, 2.75) is 25.4 Å². The van der Waals surface area contributed by atoms with Crippen LogP contribution in [0.5, 0.6) is 0 Å². The van der Waals surface area contributed by atoms with Crippen LogP contribution in [0.3, 0.4) is 0 Å². The summed E-state index contributed by atoms with van der Waals surface area (Å²) < 4.78 is 1.94. The molecule has 0 saturated carbocycles. The molecule has 2 rings (SSSR count). The zero-order valence-corrected chi connectivity index (χ0v) is 9.61. The fourth-order valence-electron chi connectivity index (χ4n) is 2.19. The Balaban J connectivity index is 1.81. The van der Waals surface area contributed by atoms with E-state index in [2.05, 4.69) is 28.4 Å². The van der Waals surface area contributed by atoms with Gasteiger partial charge in [0.25, 0.3) is 0 Å². The third-order valence-electron chi connectivity index (χ3n) is 3.05. The van der Waals surface area contributed by atoms with Crippen molar-refractivity contribution in [1.82, 2.24) is 20.0 Å². The number of hydrogen-bond donors (Lipinski definition) is 1. The highest BCUT2D eigenvalue weighted by Crippen LogP contribution is 2.08. The molecule has 0 radical (unpaired) electrons. The maximum Gasteiger partial charge on any atom is 0.0520 e. The number of nitrogens with zero attached hydrogens (tertiary/aromatic N) is 3. The Kier molecular flexibility index (Phi) is 3.38. The van der Waals surface area contributed by atoms with Crippen molar-refractivity contribution in [3.05, 3.63) is 18.0 Å². The average Bonchev–Trinajstić information content (AvgIpc) is 2.79. The smallest absolute Gasteiger partial charge is 0.0520 e. The summed E-state index contributed by atoms with van der Waals surface area (Å²) in [7, 11) is 4.17. The number of hydrogen-bond acceptors (Lipinski definition) is 3.